The first-order chi connectivity index (χ1) is 10.6. The lowest BCUT2D eigenvalue weighted by Gasteiger charge is -2.14. The van der Waals surface area contributed by atoms with Crippen LogP contribution in [0.15, 0.2) is 24.3 Å². The number of hydrogen-bond acceptors (Lipinski definition) is 4. The van der Waals surface area contributed by atoms with E-state index in [0.717, 1.165) is 25.9 Å². The average Bonchev–Trinajstić information content (AvgIpc) is 3.04. The van der Waals surface area contributed by atoms with Crippen LogP contribution in [0.4, 0.5) is 4.39 Å². The highest BCUT2D eigenvalue weighted by Crippen LogP contribution is 2.14. The fraction of sp³-hybridized carbons (Fsp3) is 0.562. The number of amides is 1. The van der Waals surface area contributed by atoms with Gasteiger partial charge in [-0.1, -0.05) is 0 Å². The predicted molar refractivity (Wildman–Crippen MR) is 81.1 cm³/mol. The summed E-state index contributed by atoms with van der Waals surface area (Å²) in [5, 5.41) is 15.7. The summed E-state index contributed by atoms with van der Waals surface area (Å²) in [7, 11) is 0. The van der Waals surface area contributed by atoms with Gasteiger partial charge in [0.25, 0.3) is 0 Å². The molecule has 22 heavy (non-hydrogen) atoms. The van der Waals surface area contributed by atoms with Crippen molar-refractivity contribution in [1.82, 2.24) is 10.6 Å². The predicted octanol–water partition coefficient (Wildman–Crippen LogP) is 1.07. The van der Waals surface area contributed by atoms with Crippen LogP contribution in [0.2, 0.25) is 0 Å². The molecular weight excluding hydrogens is 287 g/mol. The van der Waals surface area contributed by atoms with Gasteiger partial charge in [-0.25, -0.2) is 4.39 Å². The quantitative estimate of drug-likeness (QED) is 0.672. The van der Waals surface area contributed by atoms with Gasteiger partial charge in [0, 0.05) is 13.0 Å². The fourth-order valence-corrected chi connectivity index (χ4v) is 2.40. The van der Waals surface area contributed by atoms with Crippen molar-refractivity contribution in [3.63, 3.8) is 0 Å². The minimum Gasteiger partial charge on any atom is -0.491 e. The van der Waals surface area contributed by atoms with Crippen molar-refractivity contribution in [3.8, 4) is 5.75 Å². The zero-order valence-electron chi connectivity index (χ0n) is 12.6. The van der Waals surface area contributed by atoms with Crippen LogP contribution in [0.5, 0.6) is 5.75 Å². The van der Waals surface area contributed by atoms with Crippen molar-refractivity contribution < 1.29 is 19.0 Å². The first-order valence-corrected chi connectivity index (χ1v) is 7.67. The molecule has 0 spiro atoms. The molecular formula is C16H23FN2O3. The molecule has 2 atom stereocenters. The van der Waals surface area contributed by atoms with E-state index in [1.165, 1.54) is 24.3 Å². The zero-order chi connectivity index (χ0) is 15.8. The maximum atomic E-state index is 12.7. The van der Waals surface area contributed by atoms with E-state index in [1.807, 2.05) is 0 Å². The van der Waals surface area contributed by atoms with Crippen LogP contribution in [0.25, 0.3) is 0 Å². The second-order valence-electron chi connectivity index (χ2n) is 5.62. The molecule has 1 fully saturated rings. The number of aliphatic hydroxyl groups is 1. The van der Waals surface area contributed by atoms with Gasteiger partial charge >= 0.3 is 0 Å². The lowest BCUT2D eigenvalue weighted by molar-refractivity contribution is -0.121. The van der Waals surface area contributed by atoms with Crippen LogP contribution < -0.4 is 15.4 Å². The molecule has 6 heteroatoms. The van der Waals surface area contributed by atoms with Crippen LogP contribution in [-0.2, 0) is 4.79 Å². The van der Waals surface area contributed by atoms with Gasteiger partial charge in [0.05, 0.1) is 0 Å². The number of carbonyl (C=O) groups is 1. The molecule has 1 heterocycles. The van der Waals surface area contributed by atoms with Gasteiger partial charge in [0.1, 0.15) is 24.3 Å². The van der Waals surface area contributed by atoms with E-state index in [2.05, 4.69) is 10.6 Å². The Hall–Kier alpha value is -1.66. The number of rotatable bonds is 8. The van der Waals surface area contributed by atoms with Gasteiger partial charge in [0.2, 0.25) is 5.91 Å². The Labute approximate surface area is 129 Å². The zero-order valence-corrected chi connectivity index (χ0v) is 12.6. The Morgan fingerprint density at radius 1 is 1.45 bits per heavy atom. The van der Waals surface area contributed by atoms with Crippen molar-refractivity contribution in [2.75, 3.05) is 26.2 Å². The highest BCUT2D eigenvalue weighted by atomic mass is 19.1. The van der Waals surface area contributed by atoms with E-state index in [-0.39, 0.29) is 24.9 Å². The molecule has 1 aliphatic heterocycles. The minimum absolute atomic E-state index is 0.0484. The largest absolute Gasteiger partial charge is 0.491 e. The Morgan fingerprint density at radius 2 is 2.23 bits per heavy atom. The summed E-state index contributed by atoms with van der Waals surface area (Å²) in [6.07, 6.45) is 1.70. The molecule has 122 valence electrons. The van der Waals surface area contributed by atoms with Crippen LogP contribution in [0, 0.1) is 11.7 Å². The maximum absolute atomic E-state index is 12.7. The molecule has 0 radical (unpaired) electrons. The Bertz CT molecular complexity index is 461. The monoisotopic (exact) mass is 310 g/mol. The standard InChI is InChI=1S/C16H23FN2O3/c17-13-2-4-15(5-3-13)22-11-14(20)10-19-16(21)6-1-12-7-8-18-9-12/h2-5,12,14,18,20H,1,6-11H2,(H,19,21). The second-order valence-corrected chi connectivity index (χ2v) is 5.62. The van der Waals surface area contributed by atoms with Crippen molar-refractivity contribution >= 4 is 5.91 Å². The molecule has 1 aliphatic rings. The smallest absolute Gasteiger partial charge is 0.220 e. The number of hydrogen-bond donors (Lipinski definition) is 3. The summed E-state index contributed by atoms with van der Waals surface area (Å²) in [6.45, 7) is 2.23. The number of benzene rings is 1. The third-order valence-electron chi connectivity index (χ3n) is 3.73. The molecule has 1 amide bonds. The highest BCUT2D eigenvalue weighted by Gasteiger charge is 2.16. The Morgan fingerprint density at radius 3 is 2.91 bits per heavy atom. The lowest BCUT2D eigenvalue weighted by atomic mass is 10.0. The van der Waals surface area contributed by atoms with Crippen LogP contribution in [0.1, 0.15) is 19.3 Å². The van der Waals surface area contributed by atoms with Gasteiger partial charge in [-0.2, -0.15) is 0 Å². The van der Waals surface area contributed by atoms with Crippen molar-refractivity contribution in [2.45, 2.75) is 25.4 Å². The van der Waals surface area contributed by atoms with E-state index in [9.17, 15) is 14.3 Å². The normalized spacial score (nSPS) is 18.9. The van der Waals surface area contributed by atoms with Gasteiger partial charge < -0.3 is 20.5 Å². The topological polar surface area (TPSA) is 70.6 Å². The molecule has 2 unspecified atom stereocenters. The van der Waals surface area contributed by atoms with E-state index in [4.69, 9.17) is 4.74 Å². The summed E-state index contributed by atoms with van der Waals surface area (Å²) < 4.78 is 18.0. The summed E-state index contributed by atoms with van der Waals surface area (Å²) in [4.78, 5) is 11.7. The highest BCUT2D eigenvalue weighted by molar-refractivity contribution is 5.75. The third-order valence-corrected chi connectivity index (χ3v) is 3.73. The molecule has 0 aromatic heterocycles. The third kappa shape index (κ3) is 5.99. The molecule has 1 aromatic carbocycles. The summed E-state index contributed by atoms with van der Waals surface area (Å²) >= 11 is 0. The molecule has 3 N–H and O–H groups in total. The maximum Gasteiger partial charge on any atom is 0.220 e. The van der Waals surface area contributed by atoms with Gasteiger partial charge in [-0.15, -0.1) is 0 Å². The summed E-state index contributed by atoms with van der Waals surface area (Å²) in [6, 6.07) is 5.58. The number of aliphatic hydroxyl groups excluding tert-OH is 1. The van der Waals surface area contributed by atoms with E-state index in [0.29, 0.717) is 18.1 Å². The number of carbonyl (C=O) groups excluding carboxylic acids is 1. The van der Waals surface area contributed by atoms with Crippen molar-refractivity contribution in [2.24, 2.45) is 5.92 Å². The van der Waals surface area contributed by atoms with Crippen LogP contribution in [0.3, 0.4) is 0 Å². The average molecular weight is 310 g/mol. The Kier molecular flexibility index (Phi) is 6.61. The SMILES string of the molecule is O=C(CCC1CCNC1)NCC(O)COc1ccc(F)cc1. The van der Waals surface area contributed by atoms with E-state index >= 15 is 0 Å². The lowest BCUT2D eigenvalue weighted by Crippen LogP contribution is -2.35. The van der Waals surface area contributed by atoms with E-state index in [1.54, 1.807) is 0 Å². The van der Waals surface area contributed by atoms with Crippen LogP contribution in [-0.4, -0.2) is 43.4 Å². The van der Waals surface area contributed by atoms with Gasteiger partial charge in [-0.05, 0) is 56.1 Å². The van der Waals surface area contributed by atoms with E-state index < -0.39 is 6.10 Å². The van der Waals surface area contributed by atoms with Gasteiger partial charge in [0.15, 0.2) is 0 Å². The Balaban J connectivity index is 1.57. The number of halogens is 1. The first kappa shape index (κ1) is 16.7. The number of nitrogens with one attached hydrogen (secondary N) is 2. The minimum atomic E-state index is -0.790. The molecule has 0 bridgehead atoms. The number of ether oxygens (including phenoxy) is 1. The van der Waals surface area contributed by atoms with Crippen LogP contribution >= 0.6 is 0 Å². The molecule has 2 rings (SSSR count). The summed E-state index contributed by atoms with van der Waals surface area (Å²) in [5.41, 5.74) is 0. The summed E-state index contributed by atoms with van der Waals surface area (Å²) in [5.74, 6) is 0.684. The molecule has 0 saturated carbocycles. The molecule has 0 aliphatic carbocycles. The molecule has 1 saturated heterocycles. The van der Waals surface area contributed by atoms with Gasteiger partial charge in [-0.3, -0.25) is 4.79 Å². The molecule has 5 nitrogen and oxygen atoms in total. The second kappa shape index (κ2) is 8.70. The van der Waals surface area contributed by atoms with Crippen molar-refractivity contribution in [1.29, 1.82) is 0 Å². The molecule has 1 aromatic rings. The fourth-order valence-electron chi connectivity index (χ4n) is 2.40. The van der Waals surface area contributed by atoms with Crippen molar-refractivity contribution in [3.05, 3.63) is 30.1 Å². The first-order valence-electron chi connectivity index (χ1n) is 7.67.